The number of nitrogens with zero attached hydrogens (tertiary/aromatic N) is 5. The standard InChI is InChI=1S/C39H38N6O6/c1-24(46)35-40-17-16-27(41-35)23-51-30-11-6-26(7-12-30)39(2,3)25-4-8-28(9-5-25)43-18-20-44(21-19-43)29-10-13-31-32(22-29)38(50)45(37(31)49)33-14-15-34(47)42-36(33)48/h4-13,16-17,22,33H,14-15,18-21,23H2,1-3H3,(H,42,47,48). The summed E-state index contributed by atoms with van der Waals surface area (Å²) >= 11 is 0. The lowest BCUT2D eigenvalue weighted by Gasteiger charge is -2.37. The molecule has 1 atom stereocenters. The van der Waals surface area contributed by atoms with E-state index in [2.05, 4.69) is 75.3 Å². The van der Waals surface area contributed by atoms with Crippen LogP contribution >= 0.6 is 0 Å². The molecule has 12 nitrogen and oxygen atoms in total. The van der Waals surface area contributed by atoms with E-state index in [-0.39, 0.29) is 47.6 Å². The predicted molar refractivity (Wildman–Crippen MR) is 189 cm³/mol. The topological polar surface area (TPSA) is 142 Å². The lowest BCUT2D eigenvalue weighted by atomic mass is 9.78. The quantitative estimate of drug-likeness (QED) is 0.200. The zero-order valence-electron chi connectivity index (χ0n) is 28.7. The van der Waals surface area contributed by atoms with Gasteiger partial charge in [0.05, 0.1) is 16.8 Å². The van der Waals surface area contributed by atoms with Crippen molar-refractivity contribution in [1.29, 1.82) is 0 Å². The van der Waals surface area contributed by atoms with Gasteiger partial charge in [0.15, 0.2) is 11.6 Å². The minimum Gasteiger partial charge on any atom is -0.487 e. The monoisotopic (exact) mass is 686 g/mol. The maximum atomic E-state index is 13.3. The van der Waals surface area contributed by atoms with Crippen molar-refractivity contribution in [2.24, 2.45) is 0 Å². The van der Waals surface area contributed by atoms with Gasteiger partial charge in [-0.3, -0.25) is 34.2 Å². The van der Waals surface area contributed by atoms with Crippen molar-refractivity contribution in [3.05, 3.63) is 113 Å². The molecule has 4 aromatic rings. The number of aromatic nitrogens is 2. The van der Waals surface area contributed by atoms with Crippen LogP contribution in [-0.4, -0.2) is 76.5 Å². The van der Waals surface area contributed by atoms with Gasteiger partial charge in [0, 0.05) is 62.5 Å². The molecule has 7 rings (SSSR count). The summed E-state index contributed by atoms with van der Waals surface area (Å²) in [7, 11) is 0. The highest BCUT2D eigenvalue weighted by molar-refractivity contribution is 6.23. The van der Waals surface area contributed by atoms with Crippen LogP contribution in [0.2, 0.25) is 0 Å². The fourth-order valence-corrected chi connectivity index (χ4v) is 6.91. The molecule has 0 spiro atoms. The highest BCUT2D eigenvalue weighted by Gasteiger charge is 2.44. The molecule has 0 radical (unpaired) electrons. The Balaban J connectivity index is 0.954. The molecule has 0 aliphatic carbocycles. The molecule has 1 N–H and O–H groups in total. The SMILES string of the molecule is CC(=O)c1nccc(COc2ccc(C(C)(C)c3ccc(N4CCN(c5ccc6c(c5)C(=O)N(C5CCC(=O)NC5=O)C6=O)CC4)cc3)cc2)n1. The van der Waals surface area contributed by atoms with Gasteiger partial charge < -0.3 is 14.5 Å². The van der Waals surface area contributed by atoms with Crippen molar-refractivity contribution >= 4 is 40.8 Å². The number of piperidine rings is 1. The van der Waals surface area contributed by atoms with E-state index in [4.69, 9.17) is 4.74 Å². The number of hydrogen-bond acceptors (Lipinski definition) is 10. The van der Waals surface area contributed by atoms with E-state index < -0.39 is 29.7 Å². The number of Topliss-reactive ketones (excluding diaryl/α,β-unsaturated/α-hetero) is 1. The lowest BCUT2D eigenvalue weighted by Crippen LogP contribution is -2.54. The van der Waals surface area contributed by atoms with Gasteiger partial charge in [0.1, 0.15) is 18.4 Å². The average Bonchev–Trinajstić information content (AvgIpc) is 3.39. The van der Waals surface area contributed by atoms with Gasteiger partial charge in [-0.25, -0.2) is 9.97 Å². The second kappa shape index (κ2) is 13.4. The molecular weight excluding hydrogens is 648 g/mol. The van der Waals surface area contributed by atoms with Crippen LogP contribution in [0.25, 0.3) is 0 Å². The van der Waals surface area contributed by atoms with Gasteiger partial charge in [-0.2, -0.15) is 0 Å². The number of imide groups is 2. The first kappa shape index (κ1) is 33.6. The molecule has 0 bridgehead atoms. The average molecular weight is 687 g/mol. The van der Waals surface area contributed by atoms with E-state index in [0.29, 0.717) is 11.4 Å². The number of anilines is 2. The van der Waals surface area contributed by atoms with Crippen LogP contribution in [-0.2, 0) is 21.6 Å². The second-order valence-corrected chi connectivity index (χ2v) is 13.6. The fraction of sp³-hybridized carbons (Fsp3) is 0.308. The summed E-state index contributed by atoms with van der Waals surface area (Å²) in [5.41, 5.74) is 5.26. The van der Waals surface area contributed by atoms with E-state index in [1.54, 1.807) is 24.4 Å². The van der Waals surface area contributed by atoms with Crippen LogP contribution in [0.1, 0.15) is 81.8 Å². The Labute approximate surface area is 295 Å². The molecule has 1 unspecified atom stereocenters. The number of nitrogens with one attached hydrogen (secondary N) is 1. The van der Waals surface area contributed by atoms with Gasteiger partial charge >= 0.3 is 0 Å². The van der Waals surface area contributed by atoms with Gasteiger partial charge in [-0.15, -0.1) is 0 Å². The number of piperazine rings is 1. The fourth-order valence-electron chi connectivity index (χ4n) is 6.91. The van der Waals surface area contributed by atoms with E-state index in [1.165, 1.54) is 12.5 Å². The van der Waals surface area contributed by atoms with Crippen molar-refractivity contribution in [2.45, 2.75) is 51.7 Å². The zero-order valence-corrected chi connectivity index (χ0v) is 28.7. The number of carbonyl (C=O) groups is 5. The first-order chi connectivity index (χ1) is 24.5. The molecular formula is C39H38N6O6. The first-order valence-corrected chi connectivity index (χ1v) is 17.0. The molecule has 2 fully saturated rings. The number of fused-ring (bicyclic) bond motifs is 1. The number of rotatable bonds is 9. The van der Waals surface area contributed by atoms with Crippen LogP contribution in [0.3, 0.4) is 0 Å². The Bertz CT molecular complexity index is 2040. The van der Waals surface area contributed by atoms with Crippen molar-refractivity contribution in [3.8, 4) is 5.75 Å². The summed E-state index contributed by atoms with van der Waals surface area (Å²) in [6, 6.07) is 22.7. The molecule has 4 amide bonds. The predicted octanol–water partition coefficient (Wildman–Crippen LogP) is 4.31. The second-order valence-electron chi connectivity index (χ2n) is 13.6. The Morgan fingerprint density at radius 2 is 1.43 bits per heavy atom. The van der Waals surface area contributed by atoms with Gasteiger partial charge in [-0.1, -0.05) is 38.1 Å². The molecule has 3 aromatic carbocycles. The summed E-state index contributed by atoms with van der Waals surface area (Å²) in [4.78, 5) is 75.8. The largest absolute Gasteiger partial charge is 0.487 e. The molecule has 4 heterocycles. The Morgan fingerprint density at radius 1 is 0.824 bits per heavy atom. The molecule has 1 aromatic heterocycles. The van der Waals surface area contributed by atoms with Crippen molar-refractivity contribution < 1.29 is 28.7 Å². The molecule has 260 valence electrons. The number of ketones is 1. The van der Waals surface area contributed by atoms with Crippen molar-refractivity contribution in [1.82, 2.24) is 20.2 Å². The summed E-state index contributed by atoms with van der Waals surface area (Å²) < 4.78 is 5.92. The van der Waals surface area contributed by atoms with E-state index >= 15 is 0 Å². The summed E-state index contributed by atoms with van der Waals surface area (Å²) in [6.45, 7) is 9.08. The highest BCUT2D eigenvalue weighted by Crippen LogP contribution is 2.35. The number of carbonyl (C=O) groups excluding carboxylic acids is 5. The zero-order chi connectivity index (χ0) is 35.9. The smallest absolute Gasteiger partial charge is 0.262 e. The van der Waals surface area contributed by atoms with Crippen LogP contribution in [0.15, 0.2) is 79.0 Å². The minimum atomic E-state index is -0.981. The van der Waals surface area contributed by atoms with Crippen molar-refractivity contribution in [3.63, 3.8) is 0 Å². The summed E-state index contributed by atoms with van der Waals surface area (Å²) in [5, 5.41) is 2.24. The number of hydrogen-bond donors (Lipinski definition) is 1. The Morgan fingerprint density at radius 3 is 2.08 bits per heavy atom. The van der Waals surface area contributed by atoms with E-state index in [1.807, 2.05) is 18.2 Å². The third-order valence-electron chi connectivity index (χ3n) is 10.0. The molecule has 0 saturated carbocycles. The maximum absolute atomic E-state index is 13.3. The third kappa shape index (κ3) is 6.56. The van der Waals surface area contributed by atoms with Crippen LogP contribution < -0.4 is 19.9 Å². The molecule has 3 aliphatic heterocycles. The molecule has 12 heteroatoms. The summed E-state index contributed by atoms with van der Waals surface area (Å²) in [6.07, 6.45) is 1.78. The molecule has 3 aliphatic rings. The Kier molecular flexibility index (Phi) is 8.84. The number of benzene rings is 3. The molecule has 2 saturated heterocycles. The van der Waals surface area contributed by atoms with Crippen LogP contribution in [0, 0.1) is 0 Å². The van der Waals surface area contributed by atoms with E-state index in [0.717, 1.165) is 48.0 Å². The van der Waals surface area contributed by atoms with Gasteiger partial charge in [0.25, 0.3) is 11.8 Å². The maximum Gasteiger partial charge on any atom is 0.262 e. The minimum absolute atomic E-state index is 0.0862. The summed E-state index contributed by atoms with van der Waals surface area (Å²) in [5.74, 6) is -1.31. The number of amides is 4. The normalized spacial score (nSPS) is 17.8. The highest BCUT2D eigenvalue weighted by atomic mass is 16.5. The molecule has 51 heavy (non-hydrogen) atoms. The van der Waals surface area contributed by atoms with Gasteiger partial charge in [0.2, 0.25) is 11.8 Å². The first-order valence-electron chi connectivity index (χ1n) is 17.0. The van der Waals surface area contributed by atoms with E-state index in [9.17, 15) is 24.0 Å². The lowest BCUT2D eigenvalue weighted by molar-refractivity contribution is -0.136. The third-order valence-corrected chi connectivity index (χ3v) is 10.0. The Hall–Kier alpha value is -5.91. The van der Waals surface area contributed by atoms with Crippen LogP contribution in [0.5, 0.6) is 5.75 Å². The number of ether oxygens (including phenoxy) is 1. The van der Waals surface area contributed by atoms with Crippen molar-refractivity contribution in [2.75, 3.05) is 36.0 Å². The van der Waals surface area contributed by atoms with Crippen LogP contribution in [0.4, 0.5) is 11.4 Å². The van der Waals surface area contributed by atoms with Gasteiger partial charge in [-0.05, 0) is 66.1 Å².